The molecular formula is C13H14BrNO. The lowest BCUT2D eigenvalue weighted by Crippen LogP contribution is -2.10. The van der Waals surface area contributed by atoms with Crippen molar-refractivity contribution in [2.75, 3.05) is 0 Å². The zero-order valence-corrected chi connectivity index (χ0v) is 10.5. The van der Waals surface area contributed by atoms with E-state index in [-0.39, 0.29) is 6.04 Å². The molecule has 0 aliphatic rings. The number of rotatable bonds is 4. The Morgan fingerprint density at radius 2 is 1.94 bits per heavy atom. The monoisotopic (exact) mass is 279 g/mol. The molecule has 16 heavy (non-hydrogen) atoms. The Hall–Kier alpha value is -1.06. The summed E-state index contributed by atoms with van der Waals surface area (Å²) in [6.45, 7) is 0. The highest BCUT2D eigenvalue weighted by Gasteiger charge is 2.06. The van der Waals surface area contributed by atoms with Crippen LogP contribution in [-0.4, -0.2) is 0 Å². The van der Waals surface area contributed by atoms with Crippen LogP contribution in [0.4, 0.5) is 0 Å². The Morgan fingerprint density at radius 1 is 1.19 bits per heavy atom. The van der Waals surface area contributed by atoms with Gasteiger partial charge in [-0.3, -0.25) is 0 Å². The molecule has 0 spiro atoms. The molecule has 1 aromatic carbocycles. The van der Waals surface area contributed by atoms with Crippen LogP contribution in [0.15, 0.2) is 51.6 Å². The van der Waals surface area contributed by atoms with Gasteiger partial charge in [0.1, 0.15) is 5.76 Å². The number of furan rings is 1. The van der Waals surface area contributed by atoms with E-state index >= 15 is 0 Å². The minimum absolute atomic E-state index is 0.0678. The molecule has 0 fully saturated rings. The number of halogens is 1. The number of hydrogen-bond donors (Lipinski definition) is 1. The average Bonchev–Trinajstić information content (AvgIpc) is 2.80. The Morgan fingerprint density at radius 3 is 2.56 bits per heavy atom. The van der Waals surface area contributed by atoms with E-state index in [1.165, 1.54) is 0 Å². The van der Waals surface area contributed by atoms with Gasteiger partial charge in [-0.25, -0.2) is 0 Å². The topological polar surface area (TPSA) is 39.2 Å². The fourth-order valence-electron chi connectivity index (χ4n) is 1.63. The average molecular weight is 280 g/mol. The van der Waals surface area contributed by atoms with Crippen molar-refractivity contribution in [1.82, 2.24) is 0 Å². The Kier molecular flexibility index (Phi) is 3.80. The zero-order chi connectivity index (χ0) is 11.4. The third-order valence-electron chi connectivity index (χ3n) is 2.58. The van der Waals surface area contributed by atoms with Gasteiger partial charge >= 0.3 is 0 Å². The second-order valence-corrected chi connectivity index (χ2v) is 4.69. The summed E-state index contributed by atoms with van der Waals surface area (Å²) in [5.41, 5.74) is 7.27. The lowest BCUT2D eigenvalue weighted by Gasteiger charge is -2.10. The lowest BCUT2D eigenvalue weighted by molar-refractivity contribution is 0.488. The van der Waals surface area contributed by atoms with Crippen molar-refractivity contribution in [3.8, 4) is 0 Å². The molecule has 1 heterocycles. The van der Waals surface area contributed by atoms with Gasteiger partial charge in [0.25, 0.3) is 0 Å². The number of aryl methyl sites for hydroxylation is 1. The molecule has 0 aliphatic heterocycles. The molecule has 0 radical (unpaired) electrons. The first-order valence-electron chi connectivity index (χ1n) is 5.29. The predicted molar refractivity (Wildman–Crippen MR) is 68.1 cm³/mol. The molecule has 1 aromatic heterocycles. The van der Waals surface area contributed by atoms with Gasteiger partial charge < -0.3 is 10.2 Å². The van der Waals surface area contributed by atoms with Crippen LogP contribution in [0.5, 0.6) is 0 Å². The molecule has 1 atom stereocenters. The van der Waals surface area contributed by atoms with Crippen LogP contribution >= 0.6 is 15.9 Å². The Balaban J connectivity index is 1.93. The molecule has 0 bridgehead atoms. The largest absolute Gasteiger partial charge is 0.469 e. The Bertz CT molecular complexity index is 422. The van der Waals surface area contributed by atoms with Gasteiger partial charge in [0.15, 0.2) is 0 Å². The third-order valence-corrected chi connectivity index (χ3v) is 3.11. The SMILES string of the molecule is NC(CCc1ccco1)c1ccc(Br)cc1. The summed E-state index contributed by atoms with van der Waals surface area (Å²) >= 11 is 3.41. The molecule has 2 nitrogen and oxygen atoms in total. The predicted octanol–water partition coefficient (Wildman–Crippen LogP) is 3.67. The van der Waals surface area contributed by atoms with Gasteiger partial charge in [-0.05, 0) is 36.2 Å². The standard InChI is InChI=1S/C13H14BrNO/c14-11-5-3-10(4-6-11)13(15)8-7-12-2-1-9-16-12/h1-6,9,13H,7-8,15H2. The normalized spacial score (nSPS) is 12.6. The van der Waals surface area contributed by atoms with Gasteiger partial charge in [0, 0.05) is 16.9 Å². The van der Waals surface area contributed by atoms with Gasteiger partial charge in [-0.15, -0.1) is 0 Å². The van der Waals surface area contributed by atoms with Crippen molar-refractivity contribution < 1.29 is 4.42 Å². The van der Waals surface area contributed by atoms with Gasteiger partial charge in [-0.1, -0.05) is 28.1 Å². The number of hydrogen-bond acceptors (Lipinski definition) is 2. The first kappa shape index (κ1) is 11.4. The van der Waals surface area contributed by atoms with Crippen LogP contribution in [-0.2, 0) is 6.42 Å². The molecule has 2 N–H and O–H groups in total. The van der Waals surface area contributed by atoms with Crippen LogP contribution in [0, 0.1) is 0 Å². The summed E-state index contributed by atoms with van der Waals surface area (Å²) in [4.78, 5) is 0. The van der Waals surface area contributed by atoms with Gasteiger partial charge in [-0.2, -0.15) is 0 Å². The fraction of sp³-hybridized carbons (Fsp3) is 0.231. The summed E-state index contributed by atoms with van der Waals surface area (Å²) in [6, 6.07) is 12.1. The van der Waals surface area contributed by atoms with Crippen molar-refractivity contribution in [3.05, 3.63) is 58.5 Å². The van der Waals surface area contributed by atoms with Crippen molar-refractivity contribution in [2.45, 2.75) is 18.9 Å². The summed E-state index contributed by atoms with van der Waals surface area (Å²) in [5.74, 6) is 0.993. The second kappa shape index (κ2) is 5.32. The van der Waals surface area contributed by atoms with E-state index in [4.69, 9.17) is 10.2 Å². The molecule has 2 rings (SSSR count). The highest BCUT2D eigenvalue weighted by Crippen LogP contribution is 2.19. The van der Waals surface area contributed by atoms with Crippen LogP contribution in [0.1, 0.15) is 23.8 Å². The molecule has 0 amide bonds. The van der Waals surface area contributed by atoms with Crippen molar-refractivity contribution in [3.63, 3.8) is 0 Å². The smallest absolute Gasteiger partial charge is 0.103 e. The van der Waals surface area contributed by atoms with E-state index in [9.17, 15) is 0 Å². The molecule has 2 aromatic rings. The van der Waals surface area contributed by atoms with E-state index in [1.54, 1.807) is 6.26 Å². The summed E-state index contributed by atoms with van der Waals surface area (Å²) in [6.07, 6.45) is 3.47. The molecule has 1 unspecified atom stereocenters. The van der Waals surface area contributed by atoms with Crippen molar-refractivity contribution in [1.29, 1.82) is 0 Å². The minimum Gasteiger partial charge on any atom is -0.469 e. The zero-order valence-electron chi connectivity index (χ0n) is 8.90. The van der Waals surface area contributed by atoms with Crippen LogP contribution in [0.2, 0.25) is 0 Å². The first-order chi connectivity index (χ1) is 7.75. The highest BCUT2D eigenvalue weighted by atomic mass is 79.9. The maximum atomic E-state index is 6.10. The van der Waals surface area contributed by atoms with Crippen LogP contribution < -0.4 is 5.73 Å². The van der Waals surface area contributed by atoms with E-state index in [0.717, 1.165) is 28.6 Å². The van der Waals surface area contributed by atoms with Crippen molar-refractivity contribution >= 4 is 15.9 Å². The summed E-state index contributed by atoms with van der Waals surface area (Å²) in [5, 5.41) is 0. The fourth-order valence-corrected chi connectivity index (χ4v) is 1.89. The molecular weight excluding hydrogens is 266 g/mol. The molecule has 0 saturated carbocycles. The van der Waals surface area contributed by atoms with Crippen LogP contribution in [0.3, 0.4) is 0 Å². The van der Waals surface area contributed by atoms with E-state index in [2.05, 4.69) is 28.1 Å². The first-order valence-corrected chi connectivity index (χ1v) is 6.08. The van der Waals surface area contributed by atoms with E-state index < -0.39 is 0 Å². The molecule has 84 valence electrons. The molecule has 3 heteroatoms. The lowest BCUT2D eigenvalue weighted by atomic mass is 10.0. The van der Waals surface area contributed by atoms with Crippen LogP contribution in [0.25, 0.3) is 0 Å². The third kappa shape index (κ3) is 2.97. The van der Waals surface area contributed by atoms with Gasteiger partial charge in [0.05, 0.1) is 6.26 Å². The molecule has 0 saturated heterocycles. The van der Waals surface area contributed by atoms with Crippen molar-refractivity contribution in [2.24, 2.45) is 5.73 Å². The molecule has 0 aliphatic carbocycles. The van der Waals surface area contributed by atoms with E-state index in [1.807, 2.05) is 24.3 Å². The highest BCUT2D eigenvalue weighted by molar-refractivity contribution is 9.10. The van der Waals surface area contributed by atoms with E-state index in [0.29, 0.717) is 0 Å². The maximum absolute atomic E-state index is 6.10. The maximum Gasteiger partial charge on any atom is 0.103 e. The summed E-state index contributed by atoms with van der Waals surface area (Å²) < 4.78 is 6.35. The number of benzene rings is 1. The quantitative estimate of drug-likeness (QED) is 0.928. The van der Waals surface area contributed by atoms with Gasteiger partial charge in [0.2, 0.25) is 0 Å². The minimum atomic E-state index is 0.0678. The number of nitrogens with two attached hydrogens (primary N) is 1. The summed E-state index contributed by atoms with van der Waals surface area (Å²) in [7, 11) is 0. The second-order valence-electron chi connectivity index (χ2n) is 3.78. The Labute approximate surface area is 104 Å².